The maximum atomic E-state index is 13.2. The molecule has 0 saturated carbocycles. The number of carbonyl (C=O) groups excluding carboxylic acids is 1. The van der Waals surface area contributed by atoms with Crippen molar-refractivity contribution < 1.29 is 4.79 Å². The summed E-state index contributed by atoms with van der Waals surface area (Å²) in [6.07, 6.45) is 3.85. The highest BCUT2D eigenvalue weighted by atomic mass is 16.2. The first-order chi connectivity index (χ1) is 11.5. The lowest BCUT2D eigenvalue weighted by molar-refractivity contribution is -0.136. The summed E-state index contributed by atoms with van der Waals surface area (Å²) in [5.41, 5.74) is 3.26. The van der Waals surface area contributed by atoms with Crippen molar-refractivity contribution in [2.45, 2.75) is 39.9 Å². The monoisotopic (exact) mass is 328 g/mol. The molecule has 24 heavy (non-hydrogen) atoms. The second-order valence-corrected chi connectivity index (χ2v) is 6.34. The van der Waals surface area contributed by atoms with Gasteiger partial charge in [0.1, 0.15) is 6.04 Å². The number of likely N-dealkylation sites (N-methyl/N-ethyl adjacent to an activating group) is 2. The van der Waals surface area contributed by atoms with Crippen LogP contribution in [0.15, 0.2) is 36.7 Å². The quantitative estimate of drug-likeness (QED) is 0.785. The van der Waals surface area contributed by atoms with Crippen LogP contribution in [0.3, 0.4) is 0 Å². The Labute approximate surface area is 144 Å². The molecule has 1 aromatic heterocycles. The summed E-state index contributed by atoms with van der Waals surface area (Å²) in [6.45, 7) is 8.23. The van der Waals surface area contributed by atoms with E-state index in [-0.39, 0.29) is 11.9 Å². The van der Waals surface area contributed by atoms with Crippen molar-refractivity contribution >= 4 is 5.91 Å². The van der Waals surface area contributed by atoms with Gasteiger partial charge in [0.05, 0.1) is 6.20 Å². The molecule has 5 nitrogen and oxygen atoms in total. The smallest absolute Gasteiger partial charge is 0.244 e. The SMILES string of the molecule is CCN(Cc1cnn(CC)c1)C(=O)[C@H](c1cccc(C)c1)N(C)C. The van der Waals surface area contributed by atoms with Gasteiger partial charge in [-0.2, -0.15) is 5.10 Å². The topological polar surface area (TPSA) is 41.4 Å². The normalized spacial score (nSPS) is 12.4. The predicted octanol–water partition coefficient (Wildman–Crippen LogP) is 2.86. The van der Waals surface area contributed by atoms with Crippen molar-refractivity contribution in [2.24, 2.45) is 0 Å². The largest absolute Gasteiger partial charge is 0.337 e. The van der Waals surface area contributed by atoms with E-state index in [0.29, 0.717) is 13.1 Å². The Morgan fingerprint density at radius 3 is 2.58 bits per heavy atom. The molecule has 1 amide bonds. The van der Waals surface area contributed by atoms with E-state index in [1.165, 1.54) is 5.56 Å². The fourth-order valence-electron chi connectivity index (χ4n) is 2.90. The molecule has 1 atom stereocenters. The molecule has 2 rings (SSSR count). The van der Waals surface area contributed by atoms with Crippen LogP contribution in [0.5, 0.6) is 0 Å². The van der Waals surface area contributed by atoms with Gasteiger partial charge >= 0.3 is 0 Å². The minimum Gasteiger partial charge on any atom is -0.337 e. The molecule has 0 unspecified atom stereocenters. The molecule has 5 heteroatoms. The fourth-order valence-corrected chi connectivity index (χ4v) is 2.90. The summed E-state index contributed by atoms with van der Waals surface area (Å²) in [7, 11) is 3.90. The predicted molar refractivity (Wildman–Crippen MR) is 96.6 cm³/mol. The lowest BCUT2D eigenvalue weighted by Gasteiger charge is -2.30. The number of hydrogen-bond donors (Lipinski definition) is 0. The third-order valence-electron chi connectivity index (χ3n) is 4.19. The first-order valence-electron chi connectivity index (χ1n) is 8.49. The molecule has 0 radical (unpaired) electrons. The van der Waals surface area contributed by atoms with E-state index in [2.05, 4.69) is 31.1 Å². The van der Waals surface area contributed by atoms with Gasteiger partial charge in [0.15, 0.2) is 0 Å². The average Bonchev–Trinajstić information content (AvgIpc) is 3.00. The van der Waals surface area contributed by atoms with Gasteiger partial charge in [-0.15, -0.1) is 0 Å². The van der Waals surface area contributed by atoms with Crippen LogP contribution in [0, 0.1) is 6.92 Å². The third-order valence-corrected chi connectivity index (χ3v) is 4.19. The van der Waals surface area contributed by atoms with E-state index in [0.717, 1.165) is 17.7 Å². The van der Waals surface area contributed by atoms with Gasteiger partial charge in [-0.1, -0.05) is 29.8 Å². The highest BCUT2D eigenvalue weighted by Crippen LogP contribution is 2.23. The first-order valence-corrected chi connectivity index (χ1v) is 8.49. The van der Waals surface area contributed by atoms with Crippen molar-refractivity contribution in [2.75, 3.05) is 20.6 Å². The van der Waals surface area contributed by atoms with Crippen LogP contribution in [-0.4, -0.2) is 46.1 Å². The molecular weight excluding hydrogens is 300 g/mol. The van der Waals surface area contributed by atoms with Crippen LogP contribution < -0.4 is 0 Å². The highest BCUT2D eigenvalue weighted by Gasteiger charge is 2.27. The molecule has 130 valence electrons. The standard InChI is InChI=1S/C19H28N4O/c1-6-22(13-16-12-20-23(7-2)14-16)19(24)18(21(4)5)17-10-8-9-15(3)11-17/h8-12,14,18H,6-7,13H2,1-5H3/t18-/m0/s1. The van der Waals surface area contributed by atoms with Crippen LogP contribution in [0.2, 0.25) is 0 Å². The minimum atomic E-state index is -0.272. The number of nitrogens with zero attached hydrogens (tertiary/aromatic N) is 4. The first kappa shape index (κ1) is 18.2. The number of amides is 1. The number of aromatic nitrogens is 2. The fraction of sp³-hybridized carbons (Fsp3) is 0.474. The van der Waals surface area contributed by atoms with Gasteiger partial charge < -0.3 is 4.90 Å². The minimum absolute atomic E-state index is 0.123. The van der Waals surface area contributed by atoms with E-state index in [1.807, 2.05) is 60.0 Å². The molecule has 1 aromatic carbocycles. The van der Waals surface area contributed by atoms with E-state index < -0.39 is 0 Å². The van der Waals surface area contributed by atoms with E-state index in [4.69, 9.17) is 0 Å². The Bertz CT molecular complexity index is 678. The molecule has 0 spiro atoms. The van der Waals surface area contributed by atoms with Gasteiger partial charge in [0, 0.05) is 31.4 Å². The Hall–Kier alpha value is -2.14. The van der Waals surface area contributed by atoms with E-state index >= 15 is 0 Å². The average molecular weight is 328 g/mol. The Morgan fingerprint density at radius 1 is 1.29 bits per heavy atom. The van der Waals surface area contributed by atoms with Crippen molar-refractivity contribution in [3.63, 3.8) is 0 Å². The summed E-state index contributed by atoms with van der Waals surface area (Å²) in [5.74, 6) is 0.123. The lowest BCUT2D eigenvalue weighted by Crippen LogP contribution is -2.40. The molecule has 0 aliphatic carbocycles. The second-order valence-electron chi connectivity index (χ2n) is 6.34. The summed E-state index contributed by atoms with van der Waals surface area (Å²) in [6, 6.07) is 7.91. The second kappa shape index (κ2) is 8.11. The van der Waals surface area contributed by atoms with Crippen molar-refractivity contribution in [1.29, 1.82) is 0 Å². The molecule has 1 heterocycles. The molecule has 0 saturated heterocycles. The van der Waals surface area contributed by atoms with Gasteiger partial charge in [-0.25, -0.2) is 0 Å². The van der Waals surface area contributed by atoms with Crippen LogP contribution in [-0.2, 0) is 17.9 Å². The summed E-state index contributed by atoms with van der Waals surface area (Å²) < 4.78 is 1.89. The van der Waals surface area contributed by atoms with Crippen LogP contribution in [0.25, 0.3) is 0 Å². The van der Waals surface area contributed by atoms with Crippen molar-refractivity contribution in [1.82, 2.24) is 19.6 Å². The van der Waals surface area contributed by atoms with Gasteiger partial charge in [-0.3, -0.25) is 14.4 Å². The Balaban J connectivity index is 2.23. The van der Waals surface area contributed by atoms with Gasteiger partial charge in [-0.05, 0) is 40.4 Å². The lowest BCUT2D eigenvalue weighted by atomic mass is 10.0. The zero-order chi connectivity index (χ0) is 17.7. The maximum Gasteiger partial charge on any atom is 0.244 e. The Morgan fingerprint density at radius 2 is 2.04 bits per heavy atom. The van der Waals surface area contributed by atoms with Gasteiger partial charge in [0.25, 0.3) is 0 Å². The number of carbonyl (C=O) groups is 1. The Kier molecular flexibility index (Phi) is 6.15. The summed E-state index contributed by atoms with van der Waals surface area (Å²) in [4.78, 5) is 17.0. The van der Waals surface area contributed by atoms with E-state index in [9.17, 15) is 4.79 Å². The molecule has 0 bridgehead atoms. The zero-order valence-electron chi connectivity index (χ0n) is 15.4. The summed E-state index contributed by atoms with van der Waals surface area (Å²) in [5, 5.41) is 4.30. The van der Waals surface area contributed by atoms with Crippen molar-refractivity contribution in [3.8, 4) is 0 Å². The molecule has 0 aliphatic heterocycles. The zero-order valence-corrected chi connectivity index (χ0v) is 15.4. The maximum absolute atomic E-state index is 13.2. The molecular formula is C19H28N4O. The third kappa shape index (κ3) is 4.23. The number of benzene rings is 1. The van der Waals surface area contributed by atoms with Crippen molar-refractivity contribution in [3.05, 3.63) is 53.3 Å². The number of hydrogen-bond acceptors (Lipinski definition) is 3. The van der Waals surface area contributed by atoms with E-state index in [1.54, 1.807) is 0 Å². The number of aryl methyl sites for hydroxylation is 2. The molecule has 2 aromatic rings. The molecule has 0 aliphatic rings. The number of rotatable bonds is 7. The van der Waals surface area contributed by atoms with Crippen LogP contribution in [0.4, 0.5) is 0 Å². The van der Waals surface area contributed by atoms with Crippen LogP contribution in [0.1, 0.15) is 36.6 Å². The van der Waals surface area contributed by atoms with Gasteiger partial charge in [0.2, 0.25) is 5.91 Å². The molecule has 0 fully saturated rings. The highest BCUT2D eigenvalue weighted by molar-refractivity contribution is 5.83. The van der Waals surface area contributed by atoms with Crippen LogP contribution >= 0.6 is 0 Å². The molecule has 0 N–H and O–H groups in total. The summed E-state index contributed by atoms with van der Waals surface area (Å²) >= 11 is 0.